The molecule has 1 N–H and O–H groups in total. The Hall–Kier alpha value is -2.36. The molecule has 1 unspecified atom stereocenters. The highest BCUT2D eigenvalue weighted by Crippen LogP contribution is 2.20. The van der Waals surface area contributed by atoms with Gasteiger partial charge in [0.05, 0.1) is 6.61 Å². The molecule has 2 rings (SSSR count). The van der Waals surface area contributed by atoms with Crippen LogP contribution in [-0.2, 0) is 4.74 Å². The van der Waals surface area contributed by atoms with Gasteiger partial charge in [0.2, 0.25) is 0 Å². The standard InChI is InChI=1S/C16H18N2O2/c1-3-20-16(19)14-10-7-11-17-15(14)18-12(2)13-8-5-4-6-9-13/h4-12H,3H2,1-2H3,(H,17,18). The zero-order valence-corrected chi connectivity index (χ0v) is 11.7. The van der Waals surface area contributed by atoms with Crippen molar-refractivity contribution in [1.82, 2.24) is 4.98 Å². The van der Waals surface area contributed by atoms with E-state index in [9.17, 15) is 4.79 Å². The number of hydrogen-bond acceptors (Lipinski definition) is 4. The zero-order chi connectivity index (χ0) is 14.4. The van der Waals surface area contributed by atoms with Gasteiger partial charge in [-0.3, -0.25) is 0 Å². The van der Waals surface area contributed by atoms with Gasteiger partial charge in [0.15, 0.2) is 0 Å². The molecule has 0 radical (unpaired) electrons. The number of ether oxygens (including phenoxy) is 1. The van der Waals surface area contributed by atoms with Crippen LogP contribution >= 0.6 is 0 Å². The Labute approximate surface area is 118 Å². The van der Waals surface area contributed by atoms with Crippen LogP contribution in [0.5, 0.6) is 0 Å². The van der Waals surface area contributed by atoms with Crippen LogP contribution in [-0.4, -0.2) is 17.6 Å². The smallest absolute Gasteiger partial charge is 0.341 e. The lowest BCUT2D eigenvalue weighted by Gasteiger charge is -2.16. The van der Waals surface area contributed by atoms with Crippen LogP contribution in [0.3, 0.4) is 0 Å². The fourth-order valence-electron chi connectivity index (χ4n) is 1.92. The van der Waals surface area contributed by atoms with E-state index in [1.54, 1.807) is 25.3 Å². The van der Waals surface area contributed by atoms with E-state index in [-0.39, 0.29) is 12.0 Å². The molecule has 2 aromatic rings. The lowest BCUT2D eigenvalue weighted by molar-refractivity contribution is 0.0527. The summed E-state index contributed by atoms with van der Waals surface area (Å²) in [6.07, 6.45) is 1.66. The van der Waals surface area contributed by atoms with Gasteiger partial charge in [-0.2, -0.15) is 0 Å². The fourth-order valence-corrected chi connectivity index (χ4v) is 1.92. The van der Waals surface area contributed by atoms with Gasteiger partial charge in [0, 0.05) is 12.2 Å². The largest absolute Gasteiger partial charge is 0.462 e. The van der Waals surface area contributed by atoms with E-state index in [1.165, 1.54) is 0 Å². The van der Waals surface area contributed by atoms with Crippen molar-refractivity contribution in [2.75, 3.05) is 11.9 Å². The molecule has 20 heavy (non-hydrogen) atoms. The third-order valence-corrected chi connectivity index (χ3v) is 2.96. The summed E-state index contributed by atoms with van der Waals surface area (Å²) >= 11 is 0. The number of benzene rings is 1. The number of carbonyl (C=O) groups is 1. The zero-order valence-electron chi connectivity index (χ0n) is 11.7. The minimum atomic E-state index is -0.358. The van der Waals surface area contributed by atoms with Crippen LogP contribution in [0.4, 0.5) is 5.82 Å². The van der Waals surface area contributed by atoms with E-state index in [0.29, 0.717) is 18.0 Å². The average molecular weight is 270 g/mol. The third-order valence-electron chi connectivity index (χ3n) is 2.96. The number of pyridine rings is 1. The SMILES string of the molecule is CCOC(=O)c1cccnc1NC(C)c1ccccc1. The van der Waals surface area contributed by atoms with Crippen molar-refractivity contribution in [3.05, 3.63) is 59.8 Å². The third kappa shape index (κ3) is 3.35. The second kappa shape index (κ2) is 6.70. The molecule has 0 aliphatic rings. The molecule has 0 saturated carbocycles. The highest BCUT2D eigenvalue weighted by molar-refractivity contribution is 5.94. The van der Waals surface area contributed by atoms with E-state index in [0.717, 1.165) is 5.56 Å². The molecule has 104 valence electrons. The van der Waals surface area contributed by atoms with Crippen molar-refractivity contribution >= 4 is 11.8 Å². The topological polar surface area (TPSA) is 51.2 Å². The van der Waals surface area contributed by atoms with E-state index in [4.69, 9.17) is 4.74 Å². The van der Waals surface area contributed by atoms with Crippen molar-refractivity contribution in [3.63, 3.8) is 0 Å². The average Bonchev–Trinajstić information content (AvgIpc) is 2.49. The number of carbonyl (C=O) groups excluding carboxylic acids is 1. The maximum Gasteiger partial charge on any atom is 0.341 e. The number of anilines is 1. The minimum Gasteiger partial charge on any atom is -0.462 e. The number of nitrogens with one attached hydrogen (secondary N) is 1. The predicted molar refractivity (Wildman–Crippen MR) is 78.7 cm³/mol. The summed E-state index contributed by atoms with van der Waals surface area (Å²) in [5, 5.41) is 3.25. The Morgan fingerprint density at radius 1 is 1.25 bits per heavy atom. The maximum atomic E-state index is 11.9. The van der Waals surface area contributed by atoms with Gasteiger partial charge in [0.25, 0.3) is 0 Å². The second-order valence-corrected chi connectivity index (χ2v) is 4.40. The lowest BCUT2D eigenvalue weighted by Crippen LogP contribution is -2.13. The molecule has 0 aliphatic carbocycles. The van der Waals surface area contributed by atoms with E-state index < -0.39 is 0 Å². The van der Waals surface area contributed by atoms with Crippen LogP contribution in [0.25, 0.3) is 0 Å². The van der Waals surface area contributed by atoms with Crippen LogP contribution < -0.4 is 5.32 Å². The monoisotopic (exact) mass is 270 g/mol. The Kier molecular flexibility index (Phi) is 4.71. The summed E-state index contributed by atoms with van der Waals surface area (Å²) in [7, 11) is 0. The summed E-state index contributed by atoms with van der Waals surface area (Å²) < 4.78 is 5.04. The van der Waals surface area contributed by atoms with Gasteiger partial charge >= 0.3 is 5.97 Å². The summed E-state index contributed by atoms with van der Waals surface area (Å²) in [5.74, 6) is 0.186. The first-order chi connectivity index (χ1) is 9.72. The van der Waals surface area contributed by atoms with Crippen molar-refractivity contribution in [2.24, 2.45) is 0 Å². The van der Waals surface area contributed by atoms with E-state index in [1.807, 2.05) is 37.3 Å². The van der Waals surface area contributed by atoms with Crippen LogP contribution in [0.2, 0.25) is 0 Å². The quantitative estimate of drug-likeness (QED) is 0.846. The maximum absolute atomic E-state index is 11.9. The molecular weight excluding hydrogens is 252 g/mol. The predicted octanol–water partition coefficient (Wildman–Crippen LogP) is 3.43. The van der Waals surface area contributed by atoms with Crippen LogP contribution in [0, 0.1) is 0 Å². The molecule has 4 nitrogen and oxygen atoms in total. The normalized spacial score (nSPS) is 11.7. The van der Waals surface area contributed by atoms with Gasteiger partial charge in [-0.05, 0) is 31.5 Å². The first-order valence-corrected chi connectivity index (χ1v) is 6.66. The molecule has 4 heteroatoms. The molecular formula is C16H18N2O2. The Balaban J connectivity index is 2.19. The second-order valence-electron chi connectivity index (χ2n) is 4.40. The summed E-state index contributed by atoms with van der Waals surface area (Å²) in [4.78, 5) is 16.1. The molecule has 0 spiro atoms. The molecule has 1 aromatic heterocycles. The molecule has 1 aromatic carbocycles. The highest BCUT2D eigenvalue weighted by Gasteiger charge is 2.15. The summed E-state index contributed by atoms with van der Waals surface area (Å²) in [5.41, 5.74) is 1.59. The van der Waals surface area contributed by atoms with Gasteiger partial charge in [-0.25, -0.2) is 9.78 Å². The van der Waals surface area contributed by atoms with Crippen molar-refractivity contribution < 1.29 is 9.53 Å². The van der Waals surface area contributed by atoms with Crippen LogP contribution in [0.15, 0.2) is 48.7 Å². The molecule has 1 atom stereocenters. The first-order valence-electron chi connectivity index (χ1n) is 6.66. The molecule has 0 bridgehead atoms. The fraction of sp³-hybridized carbons (Fsp3) is 0.250. The Morgan fingerprint density at radius 3 is 2.70 bits per heavy atom. The number of nitrogens with zero attached hydrogens (tertiary/aromatic N) is 1. The van der Waals surface area contributed by atoms with Crippen molar-refractivity contribution in [3.8, 4) is 0 Å². The summed E-state index contributed by atoms with van der Waals surface area (Å²) in [6, 6.07) is 13.5. The number of rotatable bonds is 5. The molecule has 1 heterocycles. The van der Waals surface area contributed by atoms with Crippen molar-refractivity contribution in [2.45, 2.75) is 19.9 Å². The Bertz CT molecular complexity index is 570. The number of hydrogen-bond donors (Lipinski definition) is 1. The lowest BCUT2D eigenvalue weighted by atomic mass is 10.1. The molecule has 0 saturated heterocycles. The molecule has 0 fully saturated rings. The number of esters is 1. The van der Waals surface area contributed by atoms with Crippen molar-refractivity contribution in [1.29, 1.82) is 0 Å². The van der Waals surface area contributed by atoms with E-state index in [2.05, 4.69) is 10.3 Å². The summed E-state index contributed by atoms with van der Waals surface area (Å²) in [6.45, 7) is 4.16. The highest BCUT2D eigenvalue weighted by atomic mass is 16.5. The van der Waals surface area contributed by atoms with Gasteiger partial charge in [-0.15, -0.1) is 0 Å². The van der Waals surface area contributed by atoms with Gasteiger partial charge < -0.3 is 10.1 Å². The molecule has 0 amide bonds. The minimum absolute atomic E-state index is 0.0549. The van der Waals surface area contributed by atoms with E-state index >= 15 is 0 Å². The molecule has 0 aliphatic heterocycles. The van der Waals surface area contributed by atoms with Gasteiger partial charge in [0.1, 0.15) is 11.4 Å². The first kappa shape index (κ1) is 14.1. The van der Waals surface area contributed by atoms with Crippen LogP contribution in [0.1, 0.15) is 35.8 Å². The number of aromatic nitrogens is 1. The van der Waals surface area contributed by atoms with Gasteiger partial charge in [-0.1, -0.05) is 30.3 Å². The Morgan fingerprint density at radius 2 is 2.00 bits per heavy atom.